The van der Waals surface area contributed by atoms with E-state index in [-0.39, 0.29) is 0 Å². The van der Waals surface area contributed by atoms with E-state index in [9.17, 15) is 0 Å². The second kappa shape index (κ2) is 7.02. The van der Waals surface area contributed by atoms with Crippen LogP contribution in [0.15, 0.2) is 0 Å². The molecule has 0 fully saturated rings. The molecule has 92 valence electrons. The molecule has 1 aromatic heterocycles. The van der Waals surface area contributed by atoms with Gasteiger partial charge < -0.3 is 5.32 Å². The lowest BCUT2D eigenvalue weighted by Gasteiger charge is -2.12. The van der Waals surface area contributed by atoms with Crippen LogP contribution in [0.3, 0.4) is 0 Å². The number of hydrogen-bond acceptors (Lipinski definition) is 3. The van der Waals surface area contributed by atoms with Gasteiger partial charge in [-0.3, -0.25) is 0 Å². The van der Waals surface area contributed by atoms with Gasteiger partial charge in [-0.05, 0) is 26.3 Å². The molecule has 1 aromatic rings. The topological polar surface area (TPSA) is 24.9 Å². The molecule has 2 nitrogen and oxygen atoms in total. The first-order chi connectivity index (χ1) is 7.67. The van der Waals surface area contributed by atoms with E-state index < -0.39 is 0 Å². The Balaban J connectivity index is 2.20. The van der Waals surface area contributed by atoms with E-state index in [0.29, 0.717) is 0 Å². The molecule has 0 aliphatic heterocycles. The number of aromatic nitrogens is 1. The normalized spacial score (nSPS) is 11.3. The molecule has 0 atom stereocenters. The van der Waals surface area contributed by atoms with Crippen molar-refractivity contribution in [2.24, 2.45) is 5.92 Å². The summed E-state index contributed by atoms with van der Waals surface area (Å²) in [6.45, 7) is 11.0. The van der Waals surface area contributed by atoms with Crippen LogP contribution in [0.25, 0.3) is 0 Å². The molecule has 0 bridgehead atoms. The Labute approximate surface area is 103 Å². The smallest absolute Gasteiger partial charge is 0.0943 e. The first-order valence-corrected chi connectivity index (χ1v) is 7.12. The highest BCUT2D eigenvalue weighted by atomic mass is 32.1. The molecule has 1 N–H and O–H groups in total. The highest BCUT2D eigenvalue weighted by Gasteiger charge is 2.04. The van der Waals surface area contributed by atoms with Gasteiger partial charge in [0, 0.05) is 17.8 Å². The number of aryl methyl sites for hydroxylation is 2. The lowest BCUT2D eigenvalue weighted by atomic mass is 10.0. The zero-order chi connectivity index (χ0) is 12.0. The monoisotopic (exact) mass is 240 g/mol. The zero-order valence-electron chi connectivity index (χ0n) is 11.0. The van der Waals surface area contributed by atoms with Crippen LogP contribution in [0.4, 0.5) is 0 Å². The quantitative estimate of drug-likeness (QED) is 0.740. The maximum atomic E-state index is 4.55. The Morgan fingerprint density at radius 2 is 1.94 bits per heavy atom. The summed E-state index contributed by atoms with van der Waals surface area (Å²) < 4.78 is 0. The minimum atomic E-state index is 0.833. The van der Waals surface area contributed by atoms with Crippen molar-refractivity contribution in [2.75, 3.05) is 13.1 Å². The van der Waals surface area contributed by atoms with E-state index in [2.05, 4.69) is 38.0 Å². The van der Waals surface area contributed by atoms with Crippen molar-refractivity contribution in [3.05, 3.63) is 15.6 Å². The number of nitrogens with zero attached hydrogens (tertiary/aromatic N) is 1. The van der Waals surface area contributed by atoms with Gasteiger partial charge in [-0.1, -0.05) is 26.7 Å². The van der Waals surface area contributed by atoms with Crippen LogP contribution in [0.5, 0.6) is 0 Å². The van der Waals surface area contributed by atoms with Gasteiger partial charge >= 0.3 is 0 Å². The van der Waals surface area contributed by atoms with Crippen LogP contribution in [0, 0.1) is 19.8 Å². The van der Waals surface area contributed by atoms with E-state index in [1.54, 1.807) is 0 Å². The van der Waals surface area contributed by atoms with Crippen LogP contribution in [-0.2, 0) is 6.42 Å². The van der Waals surface area contributed by atoms with Crippen molar-refractivity contribution in [1.29, 1.82) is 0 Å². The van der Waals surface area contributed by atoms with Crippen molar-refractivity contribution >= 4 is 11.3 Å². The van der Waals surface area contributed by atoms with Crippen LogP contribution in [-0.4, -0.2) is 18.1 Å². The fraction of sp³-hybridized carbons (Fsp3) is 0.769. The summed E-state index contributed by atoms with van der Waals surface area (Å²) in [6.07, 6.45) is 3.62. The van der Waals surface area contributed by atoms with Gasteiger partial charge in [-0.15, -0.1) is 11.3 Å². The third kappa shape index (κ3) is 4.22. The molecule has 0 unspecified atom stereocenters. The average molecular weight is 240 g/mol. The zero-order valence-corrected chi connectivity index (χ0v) is 11.8. The molecule has 16 heavy (non-hydrogen) atoms. The molecular weight excluding hydrogens is 216 g/mol. The summed E-state index contributed by atoms with van der Waals surface area (Å²) >= 11 is 1.83. The molecular formula is C13H24N2S. The highest BCUT2D eigenvalue weighted by molar-refractivity contribution is 7.11. The molecule has 1 heterocycles. The number of hydrogen-bond donors (Lipinski definition) is 1. The van der Waals surface area contributed by atoms with Crippen molar-refractivity contribution in [3.63, 3.8) is 0 Å². The summed E-state index contributed by atoms with van der Waals surface area (Å²) in [7, 11) is 0. The van der Waals surface area contributed by atoms with Gasteiger partial charge in [0.1, 0.15) is 0 Å². The Kier molecular flexibility index (Phi) is 5.99. The second-order valence-corrected chi connectivity index (χ2v) is 5.67. The number of thiazole rings is 1. The number of nitrogens with one attached hydrogen (secondary N) is 1. The van der Waals surface area contributed by atoms with E-state index in [1.807, 2.05) is 11.3 Å². The van der Waals surface area contributed by atoms with Crippen molar-refractivity contribution in [3.8, 4) is 0 Å². The van der Waals surface area contributed by atoms with E-state index in [1.165, 1.54) is 28.4 Å². The van der Waals surface area contributed by atoms with Crippen LogP contribution >= 0.6 is 11.3 Å². The van der Waals surface area contributed by atoms with Gasteiger partial charge in [0.25, 0.3) is 0 Å². The first-order valence-electron chi connectivity index (χ1n) is 6.31. The summed E-state index contributed by atoms with van der Waals surface area (Å²) in [4.78, 5) is 5.90. The lowest BCUT2D eigenvalue weighted by molar-refractivity contribution is 0.452. The summed E-state index contributed by atoms with van der Waals surface area (Å²) in [6, 6.07) is 0. The van der Waals surface area contributed by atoms with Crippen molar-refractivity contribution in [2.45, 2.75) is 47.0 Å². The van der Waals surface area contributed by atoms with E-state index in [0.717, 1.165) is 25.4 Å². The molecule has 0 saturated carbocycles. The first kappa shape index (κ1) is 13.7. The Morgan fingerprint density at radius 1 is 1.25 bits per heavy atom. The van der Waals surface area contributed by atoms with Gasteiger partial charge in [-0.2, -0.15) is 0 Å². The largest absolute Gasteiger partial charge is 0.316 e. The van der Waals surface area contributed by atoms with Crippen LogP contribution in [0.1, 0.15) is 42.3 Å². The molecule has 0 aliphatic carbocycles. The lowest BCUT2D eigenvalue weighted by Crippen LogP contribution is -2.24. The third-order valence-electron chi connectivity index (χ3n) is 3.18. The molecule has 0 saturated heterocycles. The Hall–Kier alpha value is -0.410. The fourth-order valence-corrected chi connectivity index (χ4v) is 2.66. The molecule has 0 amide bonds. The maximum absolute atomic E-state index is 4.55. The molecule has 0 aliphatic rings. The van der Waals surface area contributed by atoms with Gasteiger partial charge in [0.2, 0.25) is 0 Å². The summed E-state index contributed by atoms with van der Waals surface area (Å²) in [5.41, 5.74) is 1.19. The Morgan fingerprint density at radius 3 is 2.44 bits per heavy atom. The number of rotatable bonds is 7. The van der Waals surface area contributed by atoms with Crippen molar-refractivity contribution < 1.29 is 0 Å². The molecule has 0 aromatic carbocycles. The second-order valence-electron chi connectivity index (χ2n) is 4.39. The summed E-state index contributed by atoms with van der Waals surface area (Å²) in [5.74, 6) is 0.833. The SMILES string of the molecule is CCC(CC)CNCCc1nc(C)c(C)s1. The highest BCUT2D eigenvalue weighted by Crippen LogP contribution is 2.16. The Bertz CT molecular complexity index is 283. The molecule has 3 heteroatoms. The molecule has 0 radical (unpaired) electrons. The molecule has 0 spiro atoms. The standard InChI is InChI=1S/C13H24N2S/c1-5-12(6-2)9-14-8-7-13-15-10(3)11(4)16-13/h12,14H,5-9H2,1-4H3. The van der Waals surface area contributed by atoms with Gasteiger partial charge in [-0.25, -0.2) is 4.98 Å². The minimum Gasteiger partial charge on any atom is -0.316 e. The molecule has 1 rings (SSSR count). The van der Waals surface area contributed by atoms with Crippen LogP contribution < -0.4 is 5.32 Å². The van der Waals surface area contributed by atoms with E-state index in [4.69, 9.17) is 0 Å². The van der Waals surface area contributed by atoms with E-state index >= 15 is 0 Å². The van der Waals surface area contributed by atoms with Gasteiger partial charge in [0.05, 0.1) is 10.7 Å². The van der Waals surface area contributed by atoms with Crippen molar-refractivity contribution in [1.82, 2.24) is 10.3 Å². The fourth-order valence-electron chi connectivity index (χ4n) is 1.72. The maximum Gasteiger partial charge on any atom is 0.0943 e. The third-order valence-corrected chi connectivity index (χ3v) is 4.31. The predicted octanol–water partition coefficient (Wildman–Crippen LogP) is 3.33. The van der Waals surface area contributed by atoms with Gasteiger partial charge in [0.15, 0.2) is 0 Å². The summed E-state index contributed by atoms with van der Waals surface area (Å²) in [5, 5.41) is 4.80. The predicted molar refractivity (Wildman–Crippen MR) is 72.2 cm³/mol. The minimum absolute atomic E-state index is 0.833. The van der Waals surface area contributed by atoms with Crippen LogP contribution in [0.2, 0.25) is 0 Å². The average Bonchev–Trinajstić information content (AvgIpc) is 2.59.